The second-order valence-electron chi connectivity index (χ2n) is 5.56. The number of guanidine groups is 1. The molecule has 0 aromatic carbocycles. The van der Waals surface area contributed by atoms with Crippen molar-refractivity contribution in [3.05, 3.63) is 12.7 Å². The van der Waals surface area contributed by atoms with Gasteiger partial charge in [-0.2, -0.15) is 0 Å². The van der Waals surface area contributed by atoms with E-state index in [1.54, 1.807) is 12.7 Å². The van der Waals surface area contributed by atoms with Gasteiger partial charge in [0.25, 0.3) is 0 Å². The Morgan fingerprint density at radius 3 is 2.42 bits per heavy atom. The number of nitrogens with one attached hydrogen (secondary N) is 1. The molecule has 0 aliphatic rings. The number of hydrogen-bond donors (Lipinski definition) is 1. The molecule has 0 spiro atoms. The van der Waals surface area contributed by atoms with Crippen molar-refractivity contribution in [2.75, 3.05) is 39.8 Å². The maximum Gasteiger partial charge on any atom is 0.242 e. The molecule has 0 aliphatic heterocycles. The van der Waals surface area contributed by atoms with E-state index < -0.39 is 0 Å². The number of carbonyl (C=O) groups is 1. The number of aromatic nitrogens is 3. The third kappa shape index (κ3) is 6.97. The van der Waals surface area contributed by atoms with Gasteiger partial charge in [-0.1, -0.05) is 0 Å². The van der Waals surface area contributed by atoms with Crippen LogP contribution in [0.1, 0.15) is 33.6 Å². The molecule has 1 amide bonds. The van der Waals surface area contributed by atoms with Gasteiger partial charge in [-0.25, -0.2) is 0 Å². The van der Waals surface area contributed by atoms with Gasteiger partial charge in [-0.15, -0.1) is 10.2 Å². The molecule has 0 saturated carbocycles. The molecule has 0 atom stereocenters. The Kier molecular flexibility index (Phi) is 9.48. The SMILES string of the molecule is CCNC(=NCCCCn1cnnc1)N(C)CC(=O)N(CC)CC. The van der Waals surface area contributed by atoms with Gasteiger partial charge in [0, 0.05) is 39.8 Å². The lowest BCUT2D eigenvalue weighted by Gasteiger charge is -2.25. The highest BCUT2D eigenvalue weighted by atomic mass is 16.2. The number of aliphatic imine (C=N–C) groups is 1. The Morgan fingerprint density at radius 2 is 1.83 bits per heavy atom. The molecule has 1 heterocycles. The van der Waals surface area contributed by atoms with Gasteiger partial charge in [0.1, 0.15) is 12.7 Å². The summed E-state index contributed by atoms with van der Waals surface area (Å²) in [6, 6.07) is 0. The summed E-state index contributed by atoms with van der Waals surface area (Å²) in [6.45, 7) is 10.2. The maximum atomic E-state index is 12.2. The number of unbranched alkanes of at least 4 members (excludes halogenated alkanes) is 1. The topological polar surface area (TPSA) is 78.6 Å². The Hall–Kier alpha value is -2.12. The van der Waals surface area contributed by atoms with Gasteiger partial charge >= 0.3 is 0 Å². The van der Waals surface area contributed by atoms with Crippen molar-refractivity contribution in [2.24, 2.45) is 4.99 Å². The quantitative estimate of drug-likeness (QED) is 0.389. The minimum atomic E-state index is 0.126. The lowest BCUT2D eigenvalue weighted by Crippen LogP contribution is -2.45. The second kappa shape index (κ2) is 11.4. The molecule has 0 saturated heterocycles. The van der Waals surface area contributed by atoms with E-state index in [-0.39, 0.29) is 5.91 Å². The highest BCUT2D eigenvalue weighted by Crippen LogP contribution is 1.97. The Bertz CT molecular complexity index is 483. The first-order valence-corrected chi connectivity index (χ1v) is 8.71. The van der Waals surface area contributed by atoms with Crippen molar-refractivity contribution in [1.29, 1.82) is 0 Å². The standard InChI is InChI=1S/C16H31N7O/c1-5-17-16(21(4)12-15(24)23(6-2)7-3)18-10-8-9-11-22-13-19-20-14-22/h13-14H,5-12H2,1-4H3,(H,17,18). The first kappa shape index (κ1) is 19.9. The summed E-state index contributed by atoms with van der Waals surface area (Å²) in [7, 11) is 1.90. The van der Waals surface area contributed by atoms with Gasteiger partial charge in [-0.3, -0.25) is 9.79 Å². The normalized spacial score (nSPS) is 11.4. The van der Waals surface area contributed by atoms with E-state index in [1.807, 2.05) is 42.2 Å². The molecular formula is C16H31N7O. The zero-order valence-electron chi connectivity index (χ0n) is 15.4. The van der Waals surface area contributed by atoms with Crippen LogP contribution in [0.2, 0.25) is 0 Å². The summed E-state index contributed by atoms with van der Waals surface area (Å²) in [5.74, 6) is 0.906. The minimum Gasteiger partial charge on any atom is -0.357 e. The molecule has 1 aromatic heterocycles. The fourth-order valence-electron chi connectivity index (χ4n) is 2.35. The van der Waals surface area contributed by atoms with Crippen molar-refractivity contribution in [1.82, 2.24) is 29.9 Å². The molecule has 1 rings (SSSR count). The first-order chi connectivity index (χ1) is 11.6. The van der Waals surface area contributed by atoms with Crippen LogP contribution in [0.25, 0.3) is 0 Å². The third-order valence-electron chi connectivity index (χ3n) is 3.74. The van der Waals surface area contributed by atoms with E-state index in [0.29, 0.717) is 6.54 Å². The van der Waals surface area contributed by atoms with Crippen molar-refractivity contribution >= 4 is 11.9 Å². The average Bonchev–Trinajstić information content (AvgIpc) is 3.08. The van der Waals surface area contributed by atoms with Crippen LogP contribution in [0.3, 0.4) is 0 Å². The van der Waals surface area contributed by atoms with E-state index in [2.05, 4.69) is 20.5 Å². The van der Waals surface area contributed by atoms with Crippen LogP contribution >= 0.6 is 0 Å². The van der Waals surface area contributed by atoms with Crippen molar-refractivity contribution in [2.45, 2.75) is 40.2 Å². The molecule has 0 fully saturated rings. The number of likely N-dealkylation sites (N-methyl/N-ethyl adjacent to an activating group) is 2. The summed E-state index contributed by atoms with van der Waals surface area (Å²) in [4.78, 5) is 20.6. The fourth-order valence-corrected chi connectivity index (χ4v) is 2.35. The second-order valence-corrected chi connectivity index (χ2v) is 5.56. The molecule has 1 N–H and O–H groups in total. The molecular weight excluding hydrogens is 306 g/mol. The van der Waals surface area contributed by atoms with Crippen LogP contribution in [0.15, 0.2) is 17.6 Å². The smallest absolute Gasteiger partial charge is 0.242 e. The molecule has 0 radical (unpaired) electrons. The van der Waals surface area contributed by atoms with Crippen LogP contribution in [0.4, 0.5) is 0 Å². The molecule has 8 nitrogen and oxygen atoms in total. The zero-order valence-corrected chi connectivity index (χ0v) is 15.4. The minimum absolute atomic E-state index is 0.126. The van der Waals surface area contributed by atoms with Gasteiger partial charge in [0.15, 0.2) is 5.96 Å². The largest absolute Gasteiger partial charge is 0.357 e. The van der Waals surface area contributed by atoms with Gasteiger partial charge in [-0.05, 0) is 33.6 Å². The van der Waals surface area contributed by atoms with E-state index in [4.69, 9.17) is 0 Å². The molecule has 0 aliphatic carbocycles. The molecule has 0 bridgehead atoms. The highest BCUT2D eigenvalue weighted by molar-refractivity contribution is 5.86. The maximum absolute atomic E-state index is 12.2. The van der Waals surface area contributed by atoms with E-state index in [0.717, 1.165) is 51.5 Å². The van der Waals surface area contributed by atoms with Crippen LogP contribution < -0.4 is 5.32 Å². The van der Waals surface area contributed by atoms with Gasteiger partial charge in [0.2, 0.25) is 5.91 Å². The lowest BCUT2D eigenvalue weighted by atomic mass is 10.3. The molecule has 8 heteroatoms. The third-order valence-corrected chi connectivity index (χ3v) is 3.74. The van der Waals surface area contributed by atoms with Gasteiger partial charge in [0.05, 0.1) is 6.54 Å². The van der Waals surface area contributed by atoms with Crippen molar-refractivity contribution < 1.29 is 4.79 Å². The Labute approximate surface area is 144 Å². The van der Waals surface area contributed by atoms with Crippen LogP contribution in [-0.4, -0.2) is 76.2 Å². The highest BCUT2D eigenvalue weighted by Gasteiger charge is 2.14. The number of hydrogen-bond acceptors (Lipinski definition) is 4. The summed E-state index contributed by atoms with van der Waals surface area (Å²) >= 11 is 0. The van der Waals surface area contributed by atoms with E-state index >= 15 is 0 Å². The Morgan fingerprint density at radius 1 is 1.17 bits per heavy atom. The molecule has 1 aromatic rings. The average molecular weight is 337 g/mol. The number of rotatable bonds is 10. The number of amides is 1. The summed E-state index contributed by atoms with van der Waals surface area (Å²) < 4.78 is 1.96. The van der Waals surface area contributed by atoms with E-state index in [9.17, 15) is 4.79 Å². The molecule has 136 valence electrons. The van der Waals surface area contributed by atoms with Crippen molar-refractivity contribution in [3.8, 4) is 0 Å². The molecule has 0 unspecified atom stereocenters. The predicted molar refractivity (Wildman–Crippen MR) is 95.8 cm³/mol. The number of nitrogens with zero attached hydrogens (tertiary/aromatic N) is 6. The summed E-state index contributed by atoms with van der Waals surface area (Å²) in [5, 5.41) is 10.8. The summed E-state index contributed by atoms with van der Waals surface area (Å²) in [5.41, 5.74) is 0. The number of aryl methyl sites for hydroxylation is 1. The van der Waals surface area contributed by atoms with Crippen LogP contribution in [0, 0.1) is 0 Å². The summed E-state index contributed by atoms with van der Waals surface area (Å²) in [6.07, 6.45) is 5.44. The van der Waals surface area contributed by atoms with E-state index in [1.165, 1.54) is 0 Å². The van der Waals surface area contributed by atoms with Crippen LogP contribution in [-0.2, 0) is 11.3 Å². The molecule has 24 heavy (non-hydrogen) atoms. The van der Waals surface area contributed by atoms with Crippen molar-refractivity contribution in [3.63, 3.8) is 0 Å². The Balaban J connectivity index is 2.43. The monoisotopic (exact) mass is 337 g/mol. The lowest BCUT2D eigenvalue weighted by molar-refractivity contribution is -0.131. The zero-order chi connectivity index (χ0) is 17.8. The number of carbonyl (C=O) groups excluding carboxylic acids is 1. The fraction of sp³-hybridized carbons (Fsp3) is 0.750. The van der Waals surface area contributed by atoms with Crippen LogP contribution in [0.5, 0.6) is 0 Å². The first-order valence-electron chi connectivity index (χ1n) is 8.71. The van der Waals surface area contributed by atoms with Gasteiger partial charge < -0.3 is 19.7 Å². The predicted octanol–water partition coefficient (Wildman–Crippen LogP) is 0.824.